The second-order valence-electron chi connectivity index (χ2n) is 6.00. The Bertz CT molecular complexity index is 669. The van der Waals surface area contributed by atoms with Gasteiger partial charge >= 0.3 is 0 Å². The Labute approximate surface area is 137 Å². The van der Waals surface area contributed by atoms with E-state index in [0.717, 1.165) is 18.6 Å². The summed E-state index contributed by atoms with van der Waals surface area (Å²) in [6, 6.07) is 1.77. The van der Waals surface area contributed by atoms with Crippen LogP contribution in [0.4, 0.5) is 11.4 Å². The highest BCUT2D eigenvalue weighted by Crippen LogP contribution is 2.34. The SMILES string of the molecule is CC1CC(C)CN(C(=O)c2cc([N+](=O)[O-])cc([N+](=O)[O-])c2Cl)C1. The molecule has 1 heterocycles. The Kier molecular flexibility index (Phi) is 4.84. The molecule has 0 bridgehead atoms. The first-order valence-electron chi connectivity index (χ1n) is 7.12. The predicted octanol–water partition coefficient (Wildman–Crippen LogP) is 3.27. The van der Waals surface area contributed by atoms with Crippen LogP contribution in [0.2, 0.25) is 5.02 Å². The molecule has 1 aliphatic heterocycles. The molecule has 2 atom stereocenters. The van der Waals surface area contributed by atoms with Gasteiger partial charge in [-0.15, -0.1) is 0 Å². The minimum absolute atomic E-state index is 0.200. The standard InChI is InChI=1S/C14H16ClN3O5/c1-8-3-9(2)7-16(6-8)14(19)11-4-10(17(20)21)5-12(13(11)15)18(22)23/h4-5,8-9H,3,6-7H2,1-2H3. The lowest BCUT2D eigenvalue weighted by Gasteiger charge is -2.35. The molecule has 9 heteroatoms. The number of non-ortho nitro benzene ring substituents is 1. The predicted molar refractivity (Wildman–Crippen MR) is 83.6 cm³/mol. The second kappa shape index (κ2) is 6.49. The van der Waals surface area contributed by atoms with Gasteiger partial charge in [0.05, 0.1) is 21.5 Å². The summed E-state index contributed by atoms with van der Waals surface area (Å²) in [5.74, 6) is 0.0607. The number of hydrogen-bond donors (Lipinski definition) is 0. The Hall–Kier alpha value is -2.22. The van der Waals surface area contributed by atoms with Gasteiger partial charge in [0, 0.05) is 19.2 Å². The smallest absolute Gasteiger partial charge is 0.295 e. The molecule has 1 amide bonds. The lowest BCUT2D eigenvalue weighted by Crippen LogP contribution is -2.42. The molecular weight excluding hydrogens is 326 g/mol. The molecule has 0 saturated carbocycles. The maximum Gasteiger partial charge on any atom is 0.295 e. The van der Waals surface area contributed by atoms with Crippen molar-refractivity contribution < 1.29 is 14.6 Å². The monoisotopic (exact) mass is 341 g/mol. The highest BCUT2D eigenvalue weighted by atomic mass is 35.5. The third-order valence-electron chi connectivity index (χ3n) is 3.83. The number of nitro groups is 2. The number of carbonyl (C=O) groups is 1. The molecule has 8 nitrogen and oxygen atoms in total. The lowest BCUT2D eigenvalue weighted by atomic mass is 9.91. The number of amides is 1. The third-order valence-corrected chi connectivity index (χ3v) is 4.23. The molecule has 1 aromatic rings. The molecule has 2 unspecified atom stereocenters. The van der Waals surface area contributed by atoms with Crippen LogP contribution in [0.1, 0.15) is 30.6 Å². The quantitative estimate of drug-likeness (QED) is 0.619. The van der Waals surface area contributed by atoms with Crippen LogP contribution < -0.4 is 0 Å². The minimum Gasteiger partial charge on any atom is -0.338 e. The highest BCUT2D eigenvalue weighted by molar-refractivity contribution is 6.36. The number of likely N-dealkylation sites (tertiary alicyclic amines) is 1. The van der Waals surface area contributed by atoms with Gasteiger partial charge in [-0.3, -0.25) is 25.0 Å². The van der Waals surface area contributed by atoms with E-state index in [1.807, 2.05) is 13.8 Å². The first-order chi connectivity index (χ1) is 10.7. The first-order valence-corrected chi connectivity index (χ1v) is 7.50. The number of nitro benzene ring substituents is 2. The van der Waals surface area contributed by atoms with Crippen LogP contribution in [-0.2, 0) is 0 Å². The van der Waals surface area contributed by atoms with E-state index in [-0.39, 0.29) is 22.4 Å². The molecule has 1 aliphatic rings. The Balaban J connectivity index is 2.46. The van der Waals surface area contributed by atoms with E-state index >= 15 is 0 Å². The Morgan fingerprint density at radius 3 is 2.22 bits per heavy atom. The van der Waals surface area contributed by atoms with Crippen molar-refractivity contribution in [2.45, 2.75) is 20.3 Å². The molecule has 2 rings (SSSR count). The van der Waals surface area contributed by atoms with Crippen LogP contribution >= 0.6 is 11.6 Å². The number of halogens is 1. The second-order valence-corrected chi connectivity index (χ2v) is 6.37. The van der Waals surface area contributed by atoms with Gasteiger partial charge in [-0.05, 0) is 18.3 Å². The highest BCUT2D eigenvalue weighted by Gasteiger charge is 2.31. The van der Waals surface area contributed by atoms with E-state index in [2.05, 4.69) is 0 Å². The topological polar surface area (TPSA) is 107 Å². The number of hydrogen-bond acceptors (Lipinski definition) is 5. The maximum absolute atomic E-state index is 12.7. The van der Waals surface area contributed by atoms with Gasteiger partial charge in [-0.25, -0.2) is 0 Å². The van der Waals surface area contributed by atoms with E-state index in [1.54, 1.807) is 4.90 Å². The van der Waals surface area contributed by atoms with Gasteiger partial charge < -0.3 is 4.90 Å². The van der Waals surface area contributed by atoms with Crippen molar-refractivity contribution in [3.8, 4) is 0 Å². The molecule has 23 heavy (non-hydrogen) atoms. The van der Waals surface area contributed by atoms with E-state index in [4.69, 9.17) is 11.6 Å². The number of rotatable bonds is 3. The fourth-order valence-corrected chi connectivity index (χ4v) is 3.25. The molecule has 0 spiro atoms. The zero-order chi connectivity index (χ0) is 17.3. The summed E-state index contributed by atoms with van der Waals surface area (Å²) in [6.07, 6.45) is 0.979. The van der Waals surface area contributed by atoms with E-state index in [0.29, 0.717) is 13.1 Å². The van der Waals surface area contributed by atoms with Crippen LogP contribution in [0.15, 0.2) is 12.1 Å². The molecule has 124 valence electrons. The molecule has 1 aromatic carbocycles. The molecule has 1 saturated heterocycles. The fourth-order valence-electron chi connectivity index (χ4n) is 2.99. The Morgan fingerprint density at radius 2 is 1.74 bits per heavy atom. The summed E-state index contributed by atoms with van der Waals surface area (Å²) in [6.45, 7) is 5.01. The summed E-state index contributed by atoms with van der Waals surface area (Å²) >= 11 is 5.96. The number of piperidine rings is 1. The number of carbonyl (C=O) groups excluding carboxylic acids is 1. The van der Waals surface area contributed by atoms with Gasteiger partial charge in [0.2, 0.25) is 0 Å². The lowest BCUT2D eigenvalue weighted by molar-refractivity contribution is -0.394. The summed E-state index contributed by atoms with van der Waals surface area (Å²) in [7, 11) is 0. The molecule has 0 radical (unpaired) electrons. The molecule has 0 aromatic heterocycles. The van der Waals surface area contributed by atoms with Crippen LogP contribution in [0.25, 0.3) is 0 Å². The van der Waals surface area contributed by atoms with E-state index in [1.165, 1.54) is 0 Å². The van der Waals surface area contributed by atoms with Crippen molar-refractivity contribution >= 4 is 28.9 Å². The molecular formula is C14H16ClN3O5. The summed E-state index contributed by atoms with van der Waals surface area (Å²) < 4.78 is 0. The van der Waals surface area contributed by atoms with Crippen LogP contribution in [0.5, 0.6) is 0 Å². The van der Waals surface area contributed by atoms with Crippen LogP contribution in [0, 0.1) is 32.1 Å². The summed E-state index contributed by atoms with van der Waals surface area (Å²) in [5, 5.41) is 21.6. The van der Waals surface area contributed by atoms with E-state index in [9.17, 15) is 25.0 Å². The van der Waals surface area contributed by atoms with Gasteiger partial charge in [-0.1, -0.05) is 25.4 Å². The van der Waals surface area contributed by atoms with Crippen molar-refractivity contribution in [1.82, 2.24) is 4.90 Å². The number of nitrogens with zero attached hydrogens (tertiary/aromatic N) is 3. The van der Waals surface area contributed by atoms with Gasteiger partial charge in [0.25, 0.3) is 17.3 Å². The van der Waals surface area contributed by atoms with Gasteiger partial charge in [0.1, 0.15) is 5.02 Å². The van der Waals surface area contributed by atoms with Crippen LogP contribution in [0.3, 0.4) is 0 Å². The van der Waals surface area contributed by atoms with E-state index < -0.39 is 27.1 Å². The molecule has 1 fully saturated rings. The van der Waals surface area contributed by atoms with Crippen molar-refractivity contribution in [2.24, 2.45) is 11.8 Å². The molecule has 0 aliphatic carbocycles. The largest absolute Gasteiger partial charge is 0.338 e. The minimum atomic E-state index is -0.826. The average Bonchev–Trinajstić information content (AvgIpc) is 2.45. The first kappa shape index (κ1) is 17.1. The van der Waals surface area contributed by atoms with Crippen molar-refractivity contribution in [3.05, 3.63) is 42.9 Å². The van der Waals surface area contributed by atoms with Crippen molar-refractivity contribution in [1.29, 1.82) is 0 Å². The van der Waals surface area contributed by atoms with Crippen molar-refractivity contribution in [2.75, 3.05) is 13.1 Å². The van der Waals surface area contributed by atoms with Gasteiger partial charge in [-0.2, -0.15) is 0 Å². The average molecular weight is 342 g/mol. The zero-order valence-electron chi connectivity index (χ0n) is 12.7. The number of benzene rings is 1. The maximum atomic E-state index is 12.7. The summed E-state index contributed by atoms with van der Waals surface area (Å²) in [5.41, 5.74) is -1.36. The summed E-state index contributed by atoms with van der Waals surface area (Å²) in [4.78, 5) is 34.6. The normalized spacial score (nSPS) is 21.1. The molecule has 0 N–H and O–H groups in total. The van der Waals surface area contributed by atoms with Gasteiger partial charge in [0.15, 0.2) is 0 Å². The zero-order valence-corrected chi connectivity index (χ0v) is 13.4. The van der Waals surface area contributed by atoms with Crippen LogP contribution in [-0.4, -0.2) is 33.7 Å². The fraction of sp³-hybridized carbons (Fsp3) is 0.500. The third kappa shape index (κ3) is 3.58. The Morgan fingerprint density at radius 1 is 1.17 bits per heavy atom. The van der Waals surface area contributed by atoms with Crippen molar-refractivity contribution in [3.63, 3.8) is 0 Å².